The number of hydrogen-bond donors (Lipinski definition) is 1. The Kier molecular flexibility index (Phi) is 13.1. The summed E-state index contributed by atoms with van der Waals surface area (Å²) in [4.78, 5) is 14.4. The molecule has 2 aromatic carbocycles. The van der Waals surface area contributed by atoms with Gasteiger partial charge in [-0.25, -0.2) is 8.78 Å². The number of fused-ring (bicyclic) bond motifs is 4. The molecule has 0 amide bonds. The number of carbonyl (C=O) groups excluding carboxylic acids is 1. The van der Waals surface area contributed by atoms with Crippen molar-refractivity contribution in [1.82, 2.24) is 0 Å². The second-order valence-electron chi connectivity index (χ2n) is 12.2. The molecule has 248 valence electrons. The number of benzene rings is 2. The number of aliphatic hydroxyl groups is 1. The van der Waals surface area contributed by atoms with Crippen LogP contribution in [-0.2, 0) is 9.53 Å². The van der Waals surface area contributed by atoms with E-state index in [1.807, 2.05) is 20.2 Å². The molecule has 0 bridgehead atoms. The zero-order valence-corrected chi connectivity index (χ0v) is 23.3. The molecule has 1 saturated carbocycles. The average molecular weight is 624 g/mol. The second kappa shape index (κ2) is 14.9. The maximum absolute atomic E-state index is 13.8. The summed E-state index contributed by atoms with van der Waals surface area (Å²) in [5.41, 5.74) is 3.93. The predicted octanol–water partition coefficient (Wildman–Crippen LogP) is 9.48. The van der Waals surface area contributed by atoms with E-state index in [0.29, 0.717) is 25.9 Å². The van der Waals surface area contributed by atoms with Gasteiger partial charge in [0.2, 0.25) is 0 Å². The van der Waals surface area contributed by atoms with Crippen LogP contribution in [0.25, 0.3) is 0 Å². The monoisotopic (exact) mass is 623 g/mol. The van der Waals surface area contributed by atoms with Gasteiger partial charge in [0.05, 0.1) is 6.61 Å². The average Bonchev–Trinajstić information content (AvgIpc) is 3.08. The second-order valence-corrected chi connectivity index (χ2v) is 12.2. The Morgan fingerprint density at radius 3 is 2.20 bits per heavy atom. The van der Waals surface area contributed by atoms with Gasteiger partial charge in [-0.3, -0.25) is 4.79 Å². The molecule has 1 aliphatic heterocycles. The third kappa shape index (κ3) is 6.95. The highest BCUT2D eigenvalue weighted by Crippen LogP contribution is 2.61. The van der Waals surface area contributed by atoms with Crippen LogP contribution in [0.3, 0.4) is 0 Å². The van der Waals surface area contributed by atoms with Gasteiger partial charge in [0.1, 0.15) is 23.3 Å². The van der Waals surface area contributed by atoms with E-state index >= 15 is 0 Å². The van der Waals surface area contributed by atoms with E-state index < -0.39 is 22.7 Å². The summed E-state index contributed by atoms with van der Waals surface area (Å²) in [5, 5.41) is 12.1. The van der Waals surface area contributed by atoms with E-state index in [4.69, 9.17) is 4.74 Å². The Labute approximate surface area is 271 Å². The van der Waals surface area contributed by atoms with Crippen LogP contribution in [-0.4, -0.2) is 37.2 Å². The SMILES string of the molecule is C.C.C.C.C.CN(C)c1ccc([C@H]2OC[C@@]3(C)C(CC[C@@]3(O)C#Cc3cc(F)cc(F)c3)C3CCC4=CC(=O)CCC4=C32)cc1. The normalized spacial score (nSPS) is 27.8. The van der Waals surface area contributed by atoms with Crippen molar-refractivity contribution in [2.45, 2.75) is 94.3 Å². The molecule has 3 aliphatic carbocycles. The molecule has 1 heterocycles. The molecule has 5 atom stereocenters. The summed E-state index contributed by atoms with van der Waals surface area (Å²) in [7, 11) is 4.02. The summed E-state index contributed by atoms with van der Waals surface area (Å²) in [5.74, 6) is 5.00. The van der Waals surface area contributed by atoms with Gasteiger partial charge in [-0.15, -0.1) is 0 Å². The van der Waals surface area contributed by atoms with E-state index in [1.165, 1.54) is 23.3 Å². The minimum absolute atomic E-state index is 0. The number of anilines is 1. The molecule has 1 saturated heterocycles. The van der Waals surface area contributed by atoms with E-state index in [1.54, 1.807) is 0 Å². The predicted molar refractivity (Wildman–Crippen MR) is 184 cm³/mol. The smallest absolute Gasteiger partial charge is 0.156 e. The number of allylic oxidation sites excluding steroid dienone is 3. The Bertz CT molecular complexity index is 1460. The molecule has 6 rings (SSSR count). The van der Waals surface area contributed by atoms with Gasteiger partial charge < -0.3 is 14.7 Å². The van der Waals surface area contributed by atoms with E-state index in [0.717, 1.165) is 42.2 Å². The molecule has 4 nitrogen and oxygen atoms in total. The van der Waals surface area contributed by atoms with Crippen molar-refractivity contribution in [1.29, 1.82) is 0 Å². The summed E-state index contributed by atoms with van der Waals surface area (Å²) < 4.78 is 34.4. The highest BCUT2D eigenvalue weighted by atomic mass is 19.1. The zero-order chi connectivity index (χ0) is 28.2. The quantitative estimate of drug-likeness (QED) is 0.339. The van der Waals surface area contributed by atoms with Crippen molar-refractivity contribution in [3.63, 3.8) is 0 Å². The number of hydrogen-bond acceptors (Lipinski definition) is 4. The number of halogens is 2. The molecule has 1 N–H and O–H groups in total. The number of carbonyl (C=O) groups is 1. The lowest BCUT2D eigenvalue weighted by Gasteiger charge is -2.42. The zero-order valence-electron chi connectivity index (χ0n) is 23.3. The van der Waals surface area contributed by atoms with Crippen LogP contribution in [0.5, 0.6) is 0 Å². The van der Waals surface area contributed by atoms with Gasteiger partial charge in [-0.05, 0) is 96.6 Å². The number of nitrogens with zero attached hydrogens (tertiary/aromatic N) is 1. The third-order valence-electron chi connectivity index (χ3n) is 9.70. The third-order valence-corrected chi connectivity index (χ3v) is 9.70. The lowest BCUT2D eigenvalue weighted by atomic mass is 9.61. The molecule has 4 aliphatic rings. The van der Waals surface area contributed by atoms with Gasteiger partial charge in [-0.1, -0.05) is 68.0 Å². The van der Waals surface area contributed by atoms with Crippen molar-refractivity contribution in [3.05, 3.63) is 88.0 Å². The fourth-order valence-electron chi connectivity index (χ4n) is 7.50. The lowest BCUT2D eigenvalue weighted by Crippen LogP contribution is -2.48. The van der Waals surface area contributed by atoms with Crippen molar-refractivity contribution in [2.24, 2.45) is 17.3 Å². The Morgan fingerprint density at radius 2 is 1.58 bits per heavy atom. The molecule has 45 heavy (non-hydrogen) atoms. The van der Waals surface area contributed by atoms with Crippen molar-refractivity contribution < 1.29 is 23.4 Å². The first-order chi connectivity index (χ1) is 19.1. The van der Waals surface area contributed by atoms with Gasteiger partial charge in [0.25, 0.3) is 0 Å². The van der Waals surface area contributed by atoms with Crippen LogP contribution in [0, 0.1) is 40.7 Å². The Morgan fingerprint density at radius 1 is 0.933 bits per heavy atom. The summed E-state index contributed by atoms with van der Waals surface area (Å²) in [6.45, 7) is 2.35. The fraction of sp³-hybridized carbons (Fsp3) is 0.513. The van der Waals surface area contributed by atoms with Crippen molar-refractivity contribution >= 4 is 11.5 Å². The number of ether oxygens (including phenoxy) is 1. The van der Waals surface area contributed by atoms with E-state index in [9.17, 15) is 18.7 Å². The van der Waals surface area contributed by atoms with Gasteiger partial charge in [0.15, 0.2) is 5.78 Å². The van der Waals surface area contributed by atoms with Gasteiger partial charge in [-0.2, -0.15) is 0 Å². The molecule has 2 aromatic rings. The van der Waals surface area contributed by atoms with Crippen LogP contribution in [0.4, 0.5) is 14.5 Å². The van der Waals surface area contributed by atoms with Gasteiger partial charge in [0, 0.05) is 43.2 Å². The topological polar surface area (TPSA) is 49.8 Å². The molecular weight excluding hydrogens is 568 g/mol. The van der Waals surface area contributed by atoms with Crippen LogP contribution in [0.15, 0.2) is 65.3 Å². The Balaban J connectivity index is 0.00000202. The fourth-order valence-corrected chi connectivity index (χ4v) is 7.50. The highest BCUT2D eigenvalue weighted by Gasteiger charge is 2.61. The summed E-state index contributed by atoms with van der Waals surface area (Å²) in [6.07, 6.45) is 5.71. The van der Waals surface area contributed by atoms with Crippen LogP contribution >= 0.6 is 0 Å². The minimum atomic E-state index is -1.38. The largest absolute Gasteiger partial charge is 0.378 e. The van der Waals surface area contributed by atoms with E-state index in [2.05, 4.69) is 47.9 Å². The van der Waals surface area contributed by atoms with Crippen LogP contribution in [0.2, 0.25) is 0 Å². The lowest BCUT2D eigenvalue weighted by molar-refractivity contribution is -0.114. The summed E-state index contributed by atoms with van der Waals surface area (Å²) in [6, 6.07) is 11.6. The van der Waals surface area contributed by atoms with Crippen LogP contribution < -0.4 is 4.90 Å². The number of rotatable bonds is 2. The van der Waals surface area contributed by atoms with E-state index in [-0.39, 0.29) is 66.4 Å². The number of ketones is 1. The summed E-state index contributed by atoms with van der Waals surface area (Å²) >= 11 is 0. The van der Waals surface area contributed by atoms with Crippen molar-refractivity contribution in [3.8, 4) is 11.8 Å². The molecule has 0 aromatic heterocycles. The standard InChI is InChI=1S/C34H35F2NO3.5CH4/c1-33-20-40-32(22-4-7-26(8-5-22)37(2)3)31-28-11-9-27(38)18-23(28)6-10-29(31)30(33)13-15-34(33,39)14-12-21-16-24(35)19-25(36)17-21;;;;;/h4-5,7-8,16-19,29-30,32,39H,6,9-11,13,15,20H2,1-3H3;5*1H4/t29?,30?,32-,33+,34+;;;;;/m1...../s1. The molecule has 2 unspecified atom stereocenters. The minimum Gasteiger partial charge on any atom is -0.378 e. The first-order valence-electron chi connectivity index (χ1n) is 14.2. The van der Waals surface area contributed by atoms with Crippen LogP contribution in [0.1, 0.15) is 99.8 Å². The first-order valence-corrected chi connectivity index (χ1v) is 14.2. The maximum atomic E-state index is 13.8. The van der Waals surface area contributed by atoms with Crippen molar-refractivity contribution in [2.75, 3.05) is 25.6 Å². The maximum Gasteiger partial charge on any atom is 0.156 e. The molecule has 6 heteroatoms. The molecule has 2 fully saturated rings. The highest BCUT2D eigenvalue weighted by molar-refractivity contribution is 5.93. The first kappa shape index (κ1) is 39.8. The van der Waals surface area contributed by atoms with Gasteiger partial charge >= 0.3 is 0 Å². The Hall–Kier alpha value is -3.27. The molecule has 0 radical (unpaired) electrons. The molecular formula is C39H55F2NO3. The molecule has 0 spiro atoms.